The molecule has 0 radical (unpaired) electrons. The number of rotatable bonds is 3. The van der Waals surface area contributed by atoms with Gasteiger partial charge in [0.15, 0.2) is 0 Å². The second kappa shape index (κ2) is 5.68. The van der Waals surface area contributed by atoms with Gasteiger partial charge in [-0.1, -0.05) is 15.9 Å². The summed E-state index contributed by atoms with van der Waals surface area (Å²) in [5, 5.41) is 11.6. The standard InChI is InChI=1S/C12H8BrFN2O3S/c1-5-9(12(18)19)11(20-16-5)15-10(17)6-2-7(13)4-8(14)3-6/h2-4H,1H3,(H,15,17)(H,18,19). The number of carboxylic acid groups (broad SMARTS) is 1. The largest absolute Gasteiger partial charge is 0.478 e. The van der Waals surface area contributed by atoms with Crippen molar-refractivity contribution in [3.8, 4) is 0 Å². The molecule has 0 aliphatic carbocycles. The Hall–Kier alpha value is -1.80. The second-order valence-corrected chi connectivity index (χ2v) is 5.58. The van der Waals surface area contributed by atoms with Crippen molar-refractivity contribution in [2.24, 2.45) is 0 Å². The van der Waals surface area contributed by atoms with Crippen LogP contribution in [0.15, 0.2) is 22.7 Å². The highest BCUT2D eigenvalue weighted by Gasteiger charge is 2.20. The minimum absolute atomic E-state index is 0.0566. The first-order chi connectivity index (χ1) is 9.38. The molecule has 1 heterocycles. The van der Waals surface area contributed by atoms with Crippen molar-refractivity contribution in [1.82, 2.24) is 4.37 Å². The molecular weight excluding hydrogens is 351 g/mol. The zero-order valence-corrected chi connectivity index (χ0v) is 12.5. The number of aryl methyl sites for hydroxylation is 1. The Bertz CT molecular complexity index is 682. The highest BCUT2D eigenvalue weighted by molar-refractivity contribution is 9.10. The van der Waals surface area contributed by atoms with Gasteiger partial charge in [-0.15, -0.1) is 0 Å². The summed E-state index contributed by atoms with van der Waals surface area (Å²) in [6, 6.07) is 3.72. The molecule has 2 rings (SSSR count). The van der Waals surface area contributed by atoms with Crippen molar-refractivity contribution in [1.29, 1.82) is 0 Å². The molecule has 0 saturated carbocycles. The number of carboxylic acids is 1. The van der Waals surface area contributed by atoms with Crippen LogP contribution in [0.3, 0.4) is 0 Å². The number of hydrogen-bond donors (Lipinski definition) is 2. The molecule has 0 atom stereocenters. The maximum absolute atomic E-state index is 13.2. The number of aromatic carboxylic acids is 1. The summed E-state index contributed by atoms with van der Waals surface area (Å²) in [4.78, 5) is 23.1. The summed E-state index contributed by atoms with van der Waals surface area (Å²) in [5.41, 5.74) is 0.344. The summed E-state index contributed by atoms with van der Waals surface area (Å²) in [6.07, 6.45) is 0. The van der Waals surface area contributed by atoms with Crippen LogP contribution in [0.4, 0.5) is 9.39 Å². The minimum atomic E-state index is -1.17. The van der Waals surface area contributed by atoms with Crippen LogP contribution in [0.2, 0.25) is 0 Å². The number of anilines is 1. The number of carbonyl (C=O) groups excluding carboxylic acids is 1. The van der Waals surface area contributed by atoms with Gasteiger partial charge < -0.3 is 10.4 Å². The van der Waals surface area contributed by atoms with E-state index in [2.05, 4.69) is 25.6 Å². The third-order valence-electron chi connectivity index (χ3n) is 2.43. The molecule has 0 fully saturated rings. The Kier molecular flexibility index (Phi) is 4.15. The number of nitrogens with zero attached hydrogens (tertiary/aromatic N) is 1. The number of nitrogens with one attached hydrogen (secondary N) is 1. The van der Waals surface area contributed by atoms with E-state index < -0.39 is 17.7 Å². The van der Waals surface area contributed by atoms with Crippen LogP contribution in [0, 0.1) is 12.7 Å². The molecule has 2 N–H and O–H groups in total. The average molecular weight is 359 g/mol. The summed E-state index contributed by atoms with van der Waals surface area (Å²) in [5.74, 6) is -2.34. The van der Waals surface area contributed by atoms with E-state index in [4.69, 9.17) is 5.11 Å². The van der Waals surface area contributed by atoms with Gasteiger partial charge in [0.05, 0.1) is 5.69 Å². The minimum Gasteiger partial charge on any atom is -0.478 e. The molecule has 1 aromatic heterocycles. The van der Waals surface area contributed by atoms with E-state index in [1.165, 1.54) is 19.1 Å². The van der Waals surface area contributed by atoms with Crippen molar-refractivity contribution in [3.05, 3.63) is 45.3 Å². The lowest BCUT2D eigenvalue weighted by atomic mass is 10.2. The Balaban J connectivity index is 2.30. The van der Waals surface area contributed by atoms with Crippen LogP contribution in [-0.2, 0) is 0 Å². The Labute approximate surface area is 125 Å². The molecule has 20 heavy (non-hydrogen) atoms. The number of benzene rings is 1. The predicted octanol–water partition coefficient (Wildman–Crippen LogP) is 3.30. The second-order valence-electron chi connectivity index (χ2n) is 3.89. The zero-order chi connectivity index (χ0) is 14.9. The van der Waals surface area contributed by atoms with E-state index in [0.717, 1.165) is 17.6 Å². The molecule has 0 saturated heterocycles. The van der Waals surface area contributed by atoms with Gasteiger partial charge in [-0.05, 0) is 36.7 Å². The summed E-state index contributed by atoms with van der Waals surface area (Å²) >= 11 is 3.95. The summed E-state index contributed by atoms with van der Waals surface area (Å²) < 4.78 is 17.5. The number of hydrogen-bond acceptors (Lipinski definition) is 4. The van der Waals surface area contributed by atoms with Gasteiger partial charge >= 0.3 is 5.97 Å². The third kappa shape index (κ3) is 3.02. The van der Waals surface area contributed by atoms with Crippen LogP contribution in [-0.4, -0.2) is 21.4 Å². The maximum atomic E-state index is 13.2. The van der Waals surface area contributed by atoms with Gasteiger partial charge in [0.1, 0.15) is 16.4 Å². The topological polar surface area (TPSA) is 79.3 Å². The SMILES string of the molecule is Cc1nsc(NC(=O)c2cc(F)cc(Br)c2)c1C(=O)O. The molecule has 0 aliphatic rings. The van der Waals surface area contributed by atoms with Gasteiger partial charge in [-0.25, -0.2) is 9.18 Å². The molecule has 104 valence electrons. The van der Waals surface area contributed by atoms with E-state index in [-0.39, 0.29) is 16.1 Å². The first-order valence-electron chi connectivity index (χ1n) is 5.35. The number of aromatic nitrogens is 1. The fraction of sp³-hybridized carbons (Fsp3) is 0.0833. The van der Waals surface area contributed by atoms with Crippen molar-refractivity contribution in [2.75, 3.05) is 5.32 Å². The first-order valence-corrected chi connectivity index (χ1v) is 6.92. The third-order valence-corrected chi connectivity index (χ3v) is 3.74. The lowest BCUT2D eigenvalue weighted by Crippen LogP contribution is -2.13. The van der Waals surface area contributed by atoms with Gasteiger partial charge in [0.25, 0.3) is 5.91 Å². The van der Waals surface area contributed by atoms with E-state index >= 15 is 0 Å². The van der Waals surface area contributed by atoms with Gasteiger partial charge in [0.2, 0.25) is 0 Å². The smallest absolute Gasteiger partial charge is 0.340 e. The number of halogens is 2. The molecule has 8 heteroatoms. The summed E-state index contributed by atoms with van der Waals surface area (Å²) in [6.45, 7) is 1.54. The van der Waals surface area contributed by atoms with Crippen LogP contribution in [0.25, 0.3) is 0 Å². The van der Waals surface area contributed by atoms with Crippen molar-refractivity contribution < 1.29 is 19.1 Å². The summed E-state index contributed by atoms with van der Waals surface area (Å²) in [7, 11) is 0. The van der Waals surface area contributed by atoms with E-state index in [1.807, 2.05) is 0 Å². The quantitative estimate of drug-likeness (QED) is 0.881. The molecular formula is C12H8BrFN2O3S. The molecule has 1 aromatic carbocycles. The van der Waals surface area contributed by atoms with Crippen LogP contribution < -0.4 is 5.32 Å². The van der Waals surface area contributed by atoms with Crippen molar-refractivity contribution >= 4 is 44.3 Å². The average Bonchev–Trinajstić information content (AvgIpc) is 2.69. The molecule has 2 aromatic rings. The van der Waals surface area contributed by atoms with Gasteiger partial charge in [-0.2, -0.15) is 4.37 Å². The molecule has 0 aliphatic heterocycles. The number of amides is 1. The lowest BCUT2D eigenvalue weighted by molar-refractivity contribution is 0.0697. The van der Waals surface area contributed by atoms with Crippen LogP contribution >= 0.6 is 27.5 Å². The maximum Gasteiger partial charge on any atom is 0.340 e. The number of carbonyl (C=O) groups is 2. The van der Waals surface area contributed by atoms with Crippen molar-refractivity contribution in [3.63, 3.8) is 0 Å². The molecule has 0 unspecified atom stereocenters. The van der Waals surface area contributed by atoms with Crippen molar-refractivity contribution in [2.45, 2.75) is 6.92 Å². The van der Waals surface area contributed by atoms with E-state index in [0.29, 0.717) is 10.2 Å². The normalized spacial score (nSPS) is 10.3. The monoisotopic (exact) mass is 358 g/mol. The molecule has 1 amide bonds. The van der Waals surface area contributed by atoms with Crippen LogP contribution in [0.5, 0.6) is 0 Å². The zero-order valence-electron chi connectivity index (χ0n) is 10.1. The molecule has 0 bridgehead atoms. The lowest BCUT2D eigenvalue weighted by Gasteiger charge is -2.04. The fourth-order valence-corrected chi connectivity index (χ4v) is 2.82. The van der Waals surface area contributed by atoms with Gasteiger partial charge in [0, 0.05) is 10.0 Å². The fourth-order valence-electron chi connectivity index (χ4n) is 1.57. The van der Waals surface area contributed by atoms with Gasteiger partial charge in [-0.3, -0.25) is 4.79 Å². The Morgan fingerprint density at radius 1 is 1.40 bits per heavy atom. The van der Waals surface area contributed by atoms with Crippen LogP contribution in [0.1, 0.15) is 26.4 Å². The Morgan fingerprint density at radius 3 is 2.70 bits per heavy atom. The molecule has 0 spiro atoms. The molecule has 5 nitrogen and oxygen atoms in total. The highest BCUT2D eigenvalue weighted by Crippen LogP contribution is 2.25. The predicted molar refractivity (Wildman–Crippen MR) is 75.9 cm³/mol. The Morgan fingerprint density at radius 2 is 2.10 bits per heavy atom. The highest BCUT2D eigenvalue weighted by atomic mass is 79.9. The van der Waals surface area contributed by atoms with E-state index in [9.17, 15) is 14.0 Å². The van der Waals surface area contributed by atoms with E-state index in [1.54, 1.807) is 0 Å². The first kappa shape index (κ1) is 14.6.